The molecule has 2 aliphatic rings. The van der Waals surface area contributed by atoms with Gasteiger partial charge in [-0.2, -0.15) is 0 Å². The summed E-state index contributed by atoms with van der Waals surface area (Å²) < 4.78 is 23.3. The molecule has 2 N–H and O–H groups in total. The van der Waals surface area contributed by atoms with Crippen LogP contribution in [-0.4, -0.2) is 48.8 Å². The van der Waals surface area contributed by atoms with Crippen molar-refractivity contribution in [1.82, 2.24) is 5.32 Å². The molecule has 29 heavy (non-hydrogen) atoms. The molecule has 6 nitrogen and oxygen atoms in total. The highest BCUT2D eigenvalue weighted by atomic mass is 32.2. The third-order valence-corrected chi connectivity index (χ3v) is 8.30. The largest absolute Gasteiger partial charge is 0.351 e. The lowest BCUT2D eigenvalue weighted by Gasteiger charge is -2.13. The lowest BCUT2D eigenvalue weighted by molar-refractivity contribution is 0.0951. The third-order valence-electron chi connectivity index (χ3n) is 5.15. The zero-order valence-corrected chi connectivity index (χ0v) is 17.7. The Hall–Kier alpha value is -2.32. The fourth-order valence-corrected chi connectivity index (χ4v) is 7.17. The maximum absolute atomic E-state index is 12.4. The van der Waals surface area contributed by atoms with Gasteiger partial charge in [0.05, 0.1) is 17.5 Å². The summed E-state index contributed by atoms with van der Waals surface area (Å²) in [5.41, 5.74) is 2.62. The number of rotatable bonds is 5. The molecule has 2 aromatic rings. The van der Waals surface area contributed by atoms with Gasteiger partial charge in [-0.3, -0.25) is 9.79 Å². The molecule has 0 aliphatic carbocycles. The number of aliphatic imine (C=N–C) groups is 1. The van der Waals surface area contributed by atoms with Crippen LogP contribution in [0.4, 0.5) is 5.69 Å². The van der Waals surface area contributed by atoms with Crippen LogP contribution in [0.5, 0.6) is 0 Å². The summed E-state index contributed by atoms with van der Waals surface area (Å²) in [4.78, 5) is 16.9. The molecule has 0 spiro atoms. The number of anilines is 1. The molecule has 2 aliphatic heterocycles. The predicted molar refractivity (Wildman–Crippen MR) is 119 cm³/mol. The summed E-state index contributed by atoms with van der Waals surface area (Å²) in [6, 6.07) is 17.2. The van der Waals surface area contributed by atoms with E-state index in [4.69, 9.17) is 0 Å². The normalized spacial score (nSPS) is 23.1. The molecule has 1 amide bonds. The molecule has 0 saturated carbocycles. The van der Waals surface area contributed by atoms with Crippen molar-refractivity contribution in [2.24, 2.45) is 4.99 Å². The highest BCUT2D eigenvalue weighted by Gasteiger charge is 2.42. The number of fused-ring (bicyclic) bond motifs is 1. The zero-order valence-electron chi connectivity index (χ0n) is 16.0. The van der Waals surface area contributed by atoms with Crippen LogP contribution in [0.1, 0.15) is 28.8 Å². The molecule has 2 aromatic carbocycles. The molecule has 3 atom stereocenters. The number of thioether (sulfide) groups is 1. The summed E-state index contributed by atoms with van der Waals surface area (Å²) >= 11 is 1.48. The molecule has 0 unspecified atom stereocenters. The molecule has 2 heterocycles. The van der Waals surface area contributed by atoms with Crippen LogP contribution in [0.25, 0.3) is 0 Å². The Kier molecular flexibility index (Phi) is 5.65. The Labute approximate surface area is 175 Å². The van der Waals surface area contributed by atoms with E-state index in [0.29, 0.717) is 12.1 Å². The number of hydrogen-bond acceptors (Lipinski definition) is 6. The van der Waals surface area contributed by atoms with E-state index in [-0.39, 0.29) is 34.6 Å². The number of amidine groups is 1. The van der Waals surface area contributed by atoms with Crippen LogP contribution < -0.4 is 10.6 Å². The lowest BCUT2D eigenvalue weighted by Crippen LogP contribution is -2.27. The third kappa shape index (κ3) is 4.82. The van der Waals surface area contributed by atoms with Crippen LogP contribution in [0, 0.1) is 0 Å². The average Bonchev–Trinajstić information content (AvgIpc) is 3.19. The number of carbonyl (C=O) groups excluding carboxylic acids is 1. The second-order valence-corrected chi connectivity index (χ2v) is 10.8. The Balaban J connectivity index is 1.31. The lowest BCUT2D eigenvalue weighted by atomic mass is 10.0. The van der Waals surface area contributed by atoms with E-state index in [1.807, 2.05) is 30.3 Å². The van der Waals surface area contributed by atoms with Crippen LogP contribution >= 0.6 is 11.8 Å². The van der Waals surface area contributed by atoms with Crippen LogP contribution in [0.2, 0.25) is 0 Å². The van der Waals surface area contributed by atoms with Gasteiger partial charge in [-0.05, 0) is 35.7 Å². The molecule has 1 fully saturated rings. The highest BCUT2D eigenvalue weighted by Crippen LogP contribution is 2.34. The van der Waals surface area contributed by atoms with Crippen molar-refractivity contribution < 1.29 is 13.2 Å². The SMILES string of the molecule is C[C@H](CNC(=O)c1ccc(NC2=N[C@@H]3CS(=O)(=O)C[C@@H]3S2)cc1)c1ccccc1. The van der Waals surface area contributed by atoms with E-state index in [2.05, 4.69) is 34.7 Å². The Morgan fingerprint density at radius 3 is 2.55 bits per heavy atom. The molecule has 0 aromatic heterocycles. The topological polar surface area (TPSA) is 87.6 Å². The summed E-state index contributed by atoms with van der Waals surface area (Å²) in [5, 5.41) is 6.95. The van der Waals surface area contributed by atoms with Gasteiger partial charge in [-0.1, -0.05) is 49.0 Å². The zero-order chi connectivity index (χ0) is 20.4. The average molecular weight is 430 g/mol. The van der Waals surface area contributed by atoms with Crippen molar-refractivity contribution in [3.8, 4) is 0 Å². The van der Waals surface area contributed by atoms with Crippen molar-refractivity contribution >= 4 is 38.4 Å². The first kappa shape index (κ1) is 20.0. The standard InChI is InChI=1S/C21H23N3O3S2/c1-14(15-5-3-2-4-6-15)11-22-20(25)16-7-9-17(10-8-16)23-21-24-18-12-29(26,27)13-19(18)28-21/h2-10,14,18-19H,11-13H2,1H3,(H,22,25)(H,23,24)/t14-,18-,19+/m1/s1. The van der Waals surface area contributed by atoms with E-state index < -0.39 is 9.84 Å². The number of amides is 1. The van der Waals surface area contributed by atoms with Gasteiger partial charge in [0.15, 0.2) is 15.0 Å². The first-order valence-corrected chi connectivity index (χ1v) is 12.2. The minimum atomic E-state index is -2.95. The monoisotopic (exact) mass is 429 g/mol. The minimum Gasteiger partial charge on any atom is -0.351 e. The van der Waals surface area contributed by atoms with E-state index in [0.717, 1.165) is 10.9 Å². The van der Waals surface area contributed by atoms with Crippen LogP contribution in [-0.2, 0) is 9.84 Å². The number of benzene rings is 2. The first-order chi connectivity index (χ1) is 13.9. The fraction of sp³-hybridized carbons (Fsp3) is 0.333. The summed E-state index contributed by atoms with van der Waals surface area (Å²) in [5.74, 6) is 0.460. The van der Waals surface area contributed by atoms with Crippen molar-refractivity contribution in [2.45, 2.75) is 24.1 Å². The van der Waals surface area contributed by atoms with Gasteiger partial charge in [-0.15, -0.1) is 0 Å². The fourth-order valence-electron chi connectivity index (χ4n) is 3.49. The van der Waals surface area contributed by atoms with Crippen LogP contribution in [0.15, 0.2) is 59.6 Å². The van der Waals surface area contributed by atoms with Crippen molar-refractivity contribution in [1.29, 1.82) is 0 Å². The van der Waals surface area contributed by atoms with Crippen molar-refractivity contribution in [3.63, 3.8) is 0 Å². The van der Waals surface area contributed by atoms with Crippen LogP contribution in [0.3, 0.4) is 0 Å². The number of hydrogen-bond donors (Lipinski definition) is 2. The highest BCUT2D eigenvalue weighted by molar-refractivity contribution is 8.15. The van der Waals surface area contributed by atoms with Gasteiger partial charge >= 0.3 is 0 Å². The summed E-state index contributed by atoms with van der Waals surface area (Å²) in [6.45, 7) is 2.66. The van der Waals surface area contributed by atoms with Gasteiger partial charge in [0, 0.05) is 23.0 Å². The molecular formula is C21H23N3O3S2. The van der Waals surface area contributed by atoms with E-state index >= 15 is 0 Å². The maximum atomic E-state index is 12.4. The first-order valence-electron chi connectivity index (χ1n) is 9.55. The molecule has 8 heteroatoms. The van der Waals surface area contributed by atoms with Crippen molar-refractivity contribution in [2.75, 3.05) is 23.4 Å². The van der Waals surface area contributed by atoms with Gasteiger partial charge < -0.3 is 10.6 Å². The molecule has 0 radical (unpaired) electrons. The molecule has 4 rings (SSSR count). The number of sulfone groups is 1. The number of carbonyl (C=O) groups is 1. The smallest absolute Gasteiger partial charge is 0.251 e. The molecule has 152 valence electrons. The predicted octanol–water partition coefficient (Wildman–Crippen LogP) is 2.90. The molecule has 0 bridgehead atoms. The van der Waals surface area contributed by atoms with Gasteiger partial charge in [0.1, 0.15) is 0 Å². The summed E-state index contributed by atoms with van der Waals surface area (Å²) in [6.07, 6.45) is 0. The second kappa shape index (κ2) is 8.20. The number of nitrogens with one attached hydrogen (secondary N) is 2. The Morgan fingerprint density at radius 1 is 1.14 bits per heavy atom. The quantitative estimate of drug-likeness (QED) is 0.763. The molecular weight excluding hydrogens is 406 g/mol. The second-order valence-electron chi connectivity index (χ2n) is 7.46. The Bertz CT molecular complexity index is 1020. The maximum Gasteiger partial charge on any atom is 0.251 e. The van der Waals surface area contributed by atoms with Gasteiger partial charge in [-0.25, -0.2) is 8.42 Å². The van der Waals surface area contributed by atoms with E-state index in [9.17, 15) is 13.2 Å². The van der Waals surface area contributed by atoms with E-state index in [1.54, 1.807) is 12.1 Å². The Morgan fingerprint density at radius 2 is 1.86 bits per heavy atom. The van der Waals surface area contributed by atoms with Gasteiger partial charge in [0.25, 0.3) is 5.91 Å². The minimum absolute atomic E-state index is 0.0131. The summed E-state index contributed by atoms with van der Waals surface area (Å²) in [7, 11) is -2.95. The number of nitrogens with zero attached hydrogens (tertiary/aromatic N) is 1. The molecule has 1 saturated heterocycles. The van der Waals surface area contributed by atoms with Gasteiger partial charge in [0.2, 0.25) is 0 Å². The van der Waals surface area contributed by atoms with E-state index in [1.165, 1.54) is 17.3 Å². The van der Waals surface area contributed by atoms with Crippen molar-refractivity contribution in [3.05, 3.63) is 65.7 Å².